The summed E-state index contributed by atoms with van der Waals surface area (Å²) in [5.74, 6) is -0.387. The first-order chi connectivity index (χ1) is 8.75. The Bertz CT molecular complexity index is 635. The minimum Gasteiger partial charge on any atom is -0.378 e. The maximum absolute atomic E-state index is 13.6. The lowest BCUT2D eigenvalue weighted by molar-refractivity contribution is 0.123. The van der Waals surface area contributed by atoms with Crippen molar-refractivity contribution < 1.29 is 9.13 Å². The van der Waals surface area contributed by atoms with E-state index in [1.54, 1.807) is 0 Å². The van der Waals surface area contributed by atoms with Crippen LogP contribution in [0.4, 0.5) is 10.1 Å². The molecule has 94 valence electrons. The van der Waals surface area contributed by atoms with Crippen molar-refractivity contribution in [3.05, 3.63) is 34.6 Å². The SMILES string of the molecule is O=c1[nH]cnc2cc(F)cc(N3CCOCC3)c12. The lowest BCUT2D eigenvalue weighted by Crippen LogP contribution is -2.37. The molecular formula is C12H12FN3O2. The minimum atomic E-state index is -0.387. The van der Waals surface area contributed by atoms with Crippen LogP contribution in [0.2, 0.25) is 0 Å². The molecule has 0 unspecified atom stereocenters. The van der Waals surface area contributed by atoms with Crippen LogP contribution in [0, 0.1) is 5.82 Å². The third-order valence-electron chi connectivity index (χ3n) is 3.04. The third kappa shape index (κ3) is 1.84. The van der Waals surface area contributed by atoms with Gasteiger partial charge in [-0.15, -0.1) is 0 Å². The van der Waals surface area contributed by atoms with Gasteiger partial charge in [-0.1, -0.05) is 0 Å². The van der Waals surface area contributed by atoms with Gasteiger partial charge in [0, 0.05) is 19.2 Å². The summed E-state index contributed by atoms with van der Waals surface area (Å²) in [4.78, 5) is 20.4. The first-order valence-corrected chi connectivity index (χ1v) is 5.75. The summed E-state index contributed by atoms with van der Waals surface area (Å²) in [5.41, 5.74) is 0.712. The molecule has 2 aromatic rings. The molecule has 1 aromatic carbocycles. The summed E-state index contributed by atoms with van der Waals surface area (Å²) in [5, 5.41) is 0.431. The lowest BCUT2D eigenvalue weighted by atomic mass is 10.1. The van der Waals surface area contributed by atoms with E-state index in [1.165, 1.54) is 18.5 Å². The zero-order valence-corrected chi connectivity index (χ0v) is 9.65. The maximum atomic E-state index is 13.6. The molecule has 0 radical (unpaired) electrons. The third-order valence-corrected chi connectivity index (χ3v) is 3.04. The fourth-order valence-electron chi connectivity index (χ4n) is 2.20. The van der Waals surface area contributed by atoms with E-state index in [0.29, 0.717) is 42.9 Å². The Hall–Kier alpha value is -1.95. The molecule has 0 atom stereocenters. The largest absolute Gasteiger partial charge is 0.378 e. The van der Waals surface area contributed by atoms with Crippen LogP contribution in [-0.4, -0.2) is 36.3 Å². The summed E-state index contributed by atoms with van der Waals surface area (Å²) in [6.45, 7) is 2.45. The molecule has 1 aromatic heterocycles. The Morgan fingerprint density at radius 2 is 2.11 bits per heavy atom. The van der Waals surface area contributed by atoms with E-state index in [1.807, 2.05) is 4.90 Å². The number of rotatable bonds is 1. The van der Waals surface area contributed by atoms with E-state index in [0.717, 1.165) is 0 Å². The fraction of sp³-hybridized carbons (Fsp3) is 0.333. The highest BCUT2D eigenvalue weighted by atomic mass is 19.1. The van der Waals surface area contributed by atoms with Gasteiger partial charge in [0.2, 0.25) is 0 Å². The van der Waals surface area contributed by atoms with Crippen LogP contribution in [0.5, 0.6) is 0 Å². The van der Waals surface area contributed by atoms with Crippen molar-refractivity contribution in [1.82, 2.24) is 9.97 Å². The molecule has 3 rings (SSSR count). The molecule has 0 amide bonds. The van der Waals surface area contributed by atoms with Gasteiger partial charge in [0.1, 0.15) is 5.82 Å². The molecule has 18 heavy (non-hydrogen) atoms. The molecule has 1 fully saturated rings. The molecule has 0 saturated carbocycles. The predicted octanol–water partition coefficient (Wildman–Crippen LogP) is 0.899. The number of nitrogens with zero attached hydrogens (tertiary/aromatic N) is 2. The van der Waals surface area contributed by atoms with E-state index in [-0.39, 0.29) is 11.4 Å². The van der Waals surface area contributed by atoms with E-state index in [2.05, 4.69) is 9.97 Å². The van der Waals surface area contributed by atoms with Gasteiger partial charge in [0.05, 0.1) is 36.1 Å². The first kappa shape index (κ1) is 11.2. The molecule has 0 aliphatic carbocycles. The first-order valence-electron chi connectivity index (χ1n) is 5.75. The number of aromatic amines is 1. The zero-order chi connectivity index (χ0) is 12.5. The number of fused-ring (bicyclic) bond motifs is 1. The van der Waals surface area contributed by atoms with Gasteiger partial charge in [-0.3, -0.25) is 4.79 Å². The quantitative estimate of drug-likeness (QED) is 0.815. The van der Waals surface area contributed by atoms with E-state index in [9.17, 15) is 9.18 Å². The Morgan fingerprint density at radius 3 is 2.89 bits per heavy atom. The Balaban J connectivity index is 2.23. The fourth-order valence-corrected chi connectivity index (χ4v) is 2.20. The second kappa shape index (κ2) is 4.38. The van der Waals surface area contributed by atoms with Crippen molar-refractivity contribution in [2.75, 3.05) is 31.2 Å². The monoisotopic (exact) mass is 249 g/mol. The van der Waals surface area contributed by atoms with Crippen molar-refractivity contribution in [3.63, 3.8) is 0 Å². The average Bonchev–Trinajstić information content (AvgIpc) is 2.39. The summed E-state index contributed by atoms with van der Waals surface area (Å²) in [7, 11) is 0. The van der Waals surface area contributed by atoms with Gasteiger partial charge < -0.3 is 14.6 Å². The summed E-state index contributed by atoms with van der Waals surface area (Å²) < 4.78 is 18.8. The van der Waals surface area contributed by atoms with Crippen molar-refractivity contribution in [1.29, 1.82) is 0 Å². The second-order valence-corrected chi connectivity index (χ2v) is 4.15. The molecule has 1 saturated heterocycles. The standard InChI is InChI=1S/C12H12FN3O2/c13-8-5-9-11(12(17)15-7-14-9)10(6-8)16-1-3-18-4-2-16/h5-7H,1-4H2,(H,14,15,17). The van der Waals surface area contributed by atoms with Crippen LogP contribution >= 0.6 is 0 Å². The molecule has 1 N–H and O–H groups in total. The second-order valence-electron chi connectivity index (χ2n) is 4.15. The highest BCUT2D eigenvalue weighted by Gasteiger charge is 2.17. The van der Waals surface area contributed by atoms with Crippen LogP contribution in [-0.2, 0) is 4.74 Å². The number of morpholine rings is 1. The Labute approximate surface area is 102 Å². The molecule has 2 heterocycles. The normalized spacial score (nSPS) is 16.2. The van der Waals surface area contributed by atoms with Crippen molar-refractivity contribution in [2.24, 2.45) is 0 Å². The Kier molecular flexibility index (Phi) is 2.71. The van der Waals surface area contributed by atoms with E-state index >= 15 is 0 Å². The number of halogens is 1. The van der Waals surface area contributed by atoms with Gasteiger partial charge >= 0.3 is 0 Å². The summed E-state index contributed by atoms with van der Waals surface area (Å²) >= 11 is 0. The zero-order valence-electron chi connectivity index (χ0n) is 9.65. The molecule has 1 aliphatic heterocycles. The molecule has 6 heteroatoms. The van der Waals surface area contributed by atoms with Crippen molar-refractivity contribution >= 4 is 16.6 Å². The average molecular weight is 249 g/mol. The number of H-pyrrole nitrogens is 1. The highest BCUT2D eigenvalue weighted by molar-refractivity contribution is 5.91. The van der Waals surface area contributed by atoms with Crippen LogP contribution in [0.3, 0.4) is 0 Å². The number of benzene rings is 1. The van der Waals surface area contributed by atoms with Crippen LogP contribution in [0.15, 0.2) is 23.3 Å². The topological polar surface area (TPSA) is 58.2 Å². The molecule has 0 spiro atoms. The number of hydrogen-bond acceptors (Lipinski definition) is 4. The molecule has 1 aliphatic rings. The molecule has 5 nitrogen and oxygen atoms in total. The van der Waals surface area contributed by atoms with Crippen molar-refractivity contribution in [3.8, 4) is 0 Å². The predicted molar refractivity (Wildman–Crippen MR) is 65.4 cm³/mol. The Morgan fingerprint density at radius 1 is 1.33 bits per heavy atom. The number of aromatic nitrogens is 2. The van der Waals surface area contributed by atoms with Gasteiger partial charge in [0.15, 0.2) is 0 Å². The van der Waals surface area contributed by atoms with Crippen LogP contribution in [0.1, 0.15) is 0 Å². The smallest absolute Gasteiger partial charge is 0.260 e. The highest BCUT2D eigenvalue weighted by Crippen LogP contribution is 2.24. The van der Waals surface area contributed by atoms with E-state index < -0.39 is 0 Å². The molecule has 0 bridgehead atoms. The maximum Gasteiger partial charge on any atom is 0.260 e. The van der Waals surface area contributed by atoms with Gasteiger partial charge in [-0.05, 0) is 6.07 Å². The van der Waals surface area contributed by atoms with Gasteiger partial charge in [-0.2, -0.15) is 0 Å². The van der Waals surface area contributed by atoms with Crippen LogP contribution < -0.4 is 10.5 Å². The number of ether oxygens (including phenoxy) is 1. The lowest BCUT2D eigenvalue weighted by Gasteiger charge is -2.29. The number of nitrogens with one attached hydrogen (secondary N) is 1. The molecular weight excluding hydrogens is 237 g/mol. The van der Waals surface area contributed by atoms with Crippen molar-refractivity contribution in [2.45, 2.75) is 0 Å². The minimum absolute atomic E-state index is 0.249. The van der Waals surface area contributed by atoms with E-state index in [4.69, 9.17) is 4.74 Å². The summed E-state index contributed by atoms with van der Waals surface area (Å²) in [6.07, 6.45) is 1.28. The van der Waals surface area contributed by atoms with Crippen LogP contribution in [0.25, 0.3) is 10.9 Å². The van der Waals surface area contributed by atoms with Gasteiger partial charge in [0.25, 0.3) is 5.56 Å². The number of anilines is 1. The summed E-state index contributed by atoms with van der Waals surface area (Å²) in [6, 6.07) is 2.65. The number of hydrogen-bond donors (Lipinski definition) is 1. The van der Waals surface area contributed by atoms with Gasteiger partial charge in [-0.25, -0.2) is 9.37 Å².